The summed E-state index contributed by atoms with van der Waals surface area (Å²) in [5.74, 6) is 0.309. The molecule has 0 radical (unpaired) electrons. The van der Waals surface area contributed by atoms with Crippen LogP contribution in [0, 0.1) is 17.0 Å². The van der Waals surface area contributed by atoms with Crippen LogP contribution >= 0.6 is 0 Å². The SMILES string of the molecule is Cc1cc([N+](=O)[O-])cc(/C=N\NC(=O)[C@H]2COc3ccccc3O2)c1O. The van der Waals surface area contributed by atoms with Gasteiger partial charge in [-0.3, -0.25) is 14.9 Å². The average Bonchev–Trinajstić information content (AvgIpc) is 2.64. The predicted molar refractivity (Wildman–Crippen MR) is 91.6 cm³/mol. The number of carbonyl (C=O) groups is 1. The number of nitrogens with one attached hydrogen (secondary N) is 1. The quantitative estimate of drug-likeness (QED) is 0.489. The van der Waals surface area contributed by atoms with E-state index in [1.807, 2.05) is 0 Å². The zero-order valence-corrected chi connectivity index (χ0v) is 13.7. The van der Waals surface area contributed by atoms with E-state index in [-0.39, 0.29) is 23.6 Å². The molecule has 26 heavy (non-hydrogen) atoms. The molecule has 0 aliphatic carbocycles. The number of hydrazone groups is 1. The summed E-state index contributed by atoms with van der Waals surface area (Å²) in [6.07, 6.45) is 0.243. The van der Waals surface area contributed by atoms with Crippen LogP contribution in [-0.4, -0.2) is 34.9 Å². The number of hydrogen-bond acceptors (Lipinski definition) is 7. The molecule has 9 nitrogen and oxygen atoms in total. The number of ether oxygens (including phenoxy) is 2. The smallest absolute Gasteiger partial charge is 0.284 e. The summed E-state index contributed by atoms with van der Waals surface area (Å²) >= 11 is 0. The third-order valence-electron chi connectivity index (χ3n) is 3.70. The molecular formula is C17H15N3O6. The van der Waals surface area contributed by atoms with Gasteiger partial charge in [-0.25, -0.2) is 5.43 Å². The molecular weight excluding hydrogens is 342 g/mol. The number of aryl methyl sites for hydroxylation is 1. The van der Waals surface area contributed by atoms with E-state index in [1.165, 1.54) is 13.0 Å². The Kier molecular flexibility index (Phi) is 4.70. The van der Waals surface area contributed by atoms with E-state index in [4.69, 9.17) is 9.47 Å². The van der Waals surface area contributed by atoms with E-state index in [9.17, 15) is 20.0 Å². The van der Waals surface area contributed by atoms with Crippen molar-refractivity contribution in [2.75, 3.05) is 6.61 Å². The number of rotatable bonds is 4. The summed E-state index contributed by atoms with van der Waals surface area (Å²) in [4.78, 5) is 22.4. The second-order valence-electron chi connectivity index (χ2n) is 5.56. The first-order valence-electron chi connectivity index (χ1n) is 7.65. The summed E-state index contributed by atoms with van der Waals surface area (Å²) < 4.78 is 11.0. The number of nitro groups is 1. The van der Waals surface area contributed by atoms with Gasteiger partial charge in [0.1, 0.15) is 12.4 Å². The molecule has 2 N–H and O–H groups in total. The van der Waals surface area contributed by atoms with Crippen LogP contribution in [0.5, 0.6) is 17.2 Å². The maximum absolute atomic E-state index is 12.1. The van der Waals surface area contributed by atoms with Gasteiger partial charge < -0.3 is 14.6 Å². The van der Waals surface area contributed by atoms with Crippen molar-refractivity contribution in [2.24, 2.45) is 5.10 Å². The van der Waals surface area contributed by atoms with Crippen molar-refractivity contribution in [3.63, 3.8) is 0 Å². The average molecular weight is 357 g/mol. The number of benzene rings is 2. The summed E-state index contributed by atoms with van der Waals surface area (Å²) in [6.45, 7) is 1.56. The van der Waals surface area contributed by atoms with Crippen LogP contribution in [0.1, 0.15) is 11.1 Å². The van der Waals surface area contributed by atoms with Gasteiger partial charge in [0.25, 0.3) is 11.6 Å². The molecule has 1 heterocycles. The summed E-state index contributed by atoms with van der Waals surface area (Å²) in [7, 11) is 0. The number of phenols is 1. The summed E-state index contributed by atoms with van der Waals surface area (Å²) in [5.41, 5.74) is 2.53. The number of nitrogens with zero attached hydrogens (tertiary/aromatic N) is 2. The lowest BCUT2D eigenvalue weighted by Crippen LogP contribution is -2.42. The first kappa shape index (κ1) is 17.2. The van der Waals surface area contributed by atoms with E-state index in [2.05, 4.69) is 10.5 Å². The van der Waals surface area contributed by atoms with Crippen molar-refractivity contribution >= 4 is 17.8 Å². The molecule has 9 heteroatoms. The Hall–Kier alpha value is -3.62. The molecule has 1 aliphatic heterocycles. The zero-order valence-electron chi connectivity index (χ0n) is 13.7. The molecule has 0 bridgehead atoms. The zero-order chi connectivity index (χ0) is 18.7. The number of aromatic hydroxyl groups is 1. The molecule has 1 amide bonds. The second-order valence-corrected chi connectivity index (χ2v) is 5.56. The lowest BCUT2D eigenvalue weighted by molar-refractivity contribution is -0.384. The molecule has 0 saturated carbocycles. The van der Waals surface area contributed by atoms with Crippen LogP contribution in [0.2, 0.25) is 0 Å². The molecule has 2 aromatic carbocycles. The van der Waals surface area contributed by atoms with Crippen LogP contribution in [0.15, 0.2) is 41.5 Å². The van der Waals surface area contributed by atoms with Crippen LogP contribution in [-0.2, 0) is 4.79 Å². The summed E-state index contributed by atoms with van der Waals surface area (Å²) in [6, 6.07) is 9.37. The third kappa shape index (κ3) is 3.56. The molecule has 0 saturated heterocycles. The molecule has 0 fully saturated rings. The minimum atomic E-state index is -0.887. The fraction of sp³-hybridized carbons (Fsp3) is 0.176. The van der Waals surface area contributed by atoms with Crippen LogP contribution < -0.4 is 14.9 Å². The minimum Gasteiger partial charge on any atom is -0.507 e. The van der Waals surface area contributed by atoms with Gasteiger partial charge in [0.2, 0.25) is 6.10 Å². The van der Waals surface area contributed by atoms with Crippen LogP contribution in [0.3, 0.4) is 0 Å². The number of hydrogen-bond donors (Lipinski definition) is 2. The Balaban J connectivity index is 1.68. The standard InChI is InChI=1S/C17H15N3O6/c1-10-6-12(20(23)24)7-11(16(10)21)8-18-19-17(22)15-9-25-13-4-2-3-5-14(13)26-15/h2-8,15,21H,9H2,1H3,(H,19,22)/b18-8-/t15-/m1/s1. The number of amides is 1. The third-order valence-corrected chi connectivity index (χ3v) is 3.70. The molecule has 0 aromatic heterocycles. The summed E-state index contributed by atoms with van der Waals surface area (Å²) in [5, 5.41) is 24.6. The van der Waals surface area contributed by atoms with Gasteiger partial charge >= 0.3 is 0 Å². The number of phenolic OH excluding ortho intramolecular Hbond substituents is 1. The molecule has 0 unspecified atom stereocenters. The highest BCUT2D eigenvalue weighted by Gasteiger charge is 2.27. The van der Waals surface area contributed by atoms with Gasteiger partial charge in [0.15, 0.2) is 11.5 Å². The highest BCUT2D eigenvalue weighted by molar-refractivity contribution is 5.87. The normalized spacial score (nSPS) is 15.7. The highest BCUT2D eigenvalue weighted by atomic mass is 16.6. The number of para-hydroxylation sites is 2. The Morgan fingerprint density at radius 2 is 2.12 bits per heavy atom. The Labute approximate surface area is 148 Å². The molecule has 0 spiro atoms. The fourth-order valence-electron chi connectivity index (χ4n) is 2.38. The maximum Gasteiger partial charge on any atom is 0.284 e. The van der Waals surface area contributed by atoms with Gasteiger partial charge in [-0.2, -0.15) is 5.10 Å². The van der Waals surface area contributed by atoms with E-state index in [1.54, 1.807) is 24.3 Å². The number of carbonyl (C=O) groups excluding carboxylic acids is 1. The maximum atomic E-state index is 12.1. The van der Waals surface area contributed by atoms with E-state index in [0.29, 0.717) is 17.1 Å². The van der Waals surface area contributed by atoms with Gasteiger partial charge in [0, 0.05) is 17.7 Å². The van der Waals surface area contributed by atoms with Gasteiger partial charge in [-0.05, 0) is 24.6 Å². The van der Waals surface area contributed by atoms with Gasteiger partial charge in [-0.1, -0.05) is 12.1 Å². The van der Waals surface area contributed by atoms with Crippen LogP contribution in [0.25, 0.3) is 0 Å². The predicted octanol–water partition coefficient (Wildman–Crippen LogP) is 1.90. The lowest BCUT2D eigenvalue weighted by atomic mass is 10.1. The Bertz CT molecular complexity index is 896. The number of fused-ring (bicyclic) bond motifs is 1. The van der Waals surface area contributed by atoms with E-state index in [0.717, 1.165) is 12.3 Å². The van der Waals surface area contributed by atoms with Crippen LogP contribution in [0.4, 0.5) is 5.69 Å². The minimum absolute atomic E-state index is 0.0273. The van der Waals surface area contributed by atoms with Crippen molar-refractivity contribution in [3.05, 3.63) is 57.6 Å². The second kappa shape index (κ2) is 7.09. The van der Waals surface area contributed by atoms with Crippen molar-refractivity contribution in [1.29, 1.82) is 0 Å². The Morgan fingerprint density at radius 1 is 1.38 bits per heavy atom. The Morgan fingerprint density at radius 3 is 2.85 bits per heavy atom. The molecule has 1 atom stereocenters. The van der Waals surface area contributed by atoms with Crippen molar-refractivity contribution in [3.8, 4) is 17.2 Å². The molecule has 134 valence electrons. The molecule has 2 aromatic rings. The number of nitro benzene ring substituents is 1. The monoisotopic (exact) mass is 357 g/mol. The largest absolute Gasteiger partial charge is 0.507 e. The lowest BCUT2D eigenvalue weighted by Gasteiger charge is -2.24. The van der Waals surface area contributed by atoms with Crippen molar-refractivity contribution < 1.29 is 24.3 Å². The first-order chi connectivity index (χ1) is 12.5. The molecule has 3 rings (SSSR count). The van der Waals surface area contributed by atoms with Crippen molar-refractivity contribution in [2.45, 2.75) is 13.0 Å². The fourth-order valence-corrected chi connectivity index (χ4v) is 2.38. The topological polar surface area (TPSA) is 123 Å². The van der Waals surface area contributed by atoms with Gasteiger partial charge in [-0.15, -0.1) is 0 Å². The molecule has 1 aliphatic rings. The van der Waals surface area contributed by atoms with E-state index >= 15 is 0 Å². The van der Waals surface area contributed by atoms with E-state index < -0.39 is 16.9 Å². The number of non-ortho nitro benzene ring substituents is 1. The highest BCUT2D eigenvalue weighted by Crippen LogP contribution is 2.31. The van der Waals surface area contributed by atoms with Gasteiger partial charge in [0.05, 0.1) is 11.1 Å². The first-order valence-corrected chi connectivity index (χ1v) is 7.65. The van der Waals surface area contributed by atoms with Crippen molar-refractivity contribution in [1.82, 2.24) is 5.43 Å².